The van der Waals surface area contributed by atoms with Crippen LogP contribution >= 0.6 is 0 Å². The standard InChI is InChI=1S/C19H22N4O/c1-2-6-16(7-3-1)18-19(23-10-5-4-8-17(23)21-18)20-9-11-22-12-14-24-15-13-22/h1-8,10,20H,9,11-15H2. The number of nitrogens with one attached hydrogen (secondary N) is 1. The summed E-state index contributed by atoms with van der Waals surface area (Å²) in [5, 5.41) is 3.60. The summed E-state index contributed by atoms with van der Waals surface area (Å²) in [4.78, 5) is 7.25. The maximum atomic E-state index is 5.41. The van der Waals surface area contributed by atoms with Gasteiger partial charge in [0.15, 0.2) is 0 Å². The summed E-state index contributed by atoms with van der Waals surface area (Å²) in [5.41, 5.74) is 3.10. The van der Waals surface area contributed by atoms with Crippen LogP contribution in [0.3, 0.4) is 0 Å². The Morgan fingerprint density at radius 1 is 1.00 bits per heavy atom. The van der Waals surface area contributed by atoms with Gasteiger partial charge >= 0.3 is 0 Å². The van der Waals surface area contributed by atoms with Crippen molar-refractivity contribution in [3.8, 4) is 11.3 Å². The normalized spacial score (nSPS) is 15.7. The summed E-state index contributed by atoms with van der Waals surface area (Å²) in [6, 6.07) is 16.5. The molecule has 124 valence electrons. The van der Waals surface area contributed by atoms with Crippen LogP contribution in [0.1, 0.15) is 0 Å². The number of hydrogen-bond acceptors (Lipinski definition) is 4. The van der Waals surface area contributed by atoms with E-state index in [9.17, 15) is 0 Å². The van der Waals surface area contributed by atoms with Gasteiger partial charge in [0.25, 0.3) is 0 Å². The molecule has 24 heavy (non-hydrogen) atoms. The molecule has 0 amide bonds. The SMILES string of the molecule is c1ccc(-c2nc3ccccn3c2NCCN2CCOCC2)cc1. The Hall–Kier alpha value is -2.37. The van der Waals surface area contributed by atoms with E-state index < -0.39 is 0 Å². The van der Waals surface area contributed by atoms with Crippen LogP contribution < -0.4 is 5.32 Å². The molecule has 1 aliphatic rings. The number of hydrogen-bond donors (Lipinski definition) is 1. The summed E-state index contributed by atoms with van der Waals surface area (Å²) in [7, 11) is 0. The van der Waals surface area contributed by atoms with E-state index in [0.29, 0.717) is 0 Å². The number of ether oxygens (including phenoxy) is 1. The number of imidazole rings is 1. The lowest BCUT2D eigenvalue weighted by Gasteiger charge is -2.26. The van der Waals surface area contributed by atoms with Crippen molar-refractivity contribution in [3.05, 3.63) is 54.7 Å². The van der Waals surface area contributed by atoms with E-state index in [2.05, 4.69) is 45.1 Å². The van der Waals surface area contributed by atoms with Gasteiger partial charge in [0.05, 0.1) is 13.2 Å². The van der Waals surface area contributed by atoms with Crippen molar-refractivity contribution >= 4 is 11.5 Å². The third-order valence-corrected chi connectivity index (χ3v) is 4.40. The summed E-state index contributed by atoms with van der Waals surface area (Å²) < 4.78 is 7.54. The van der Waals surface area contributed by atoms with Crippen molar-refractivity contribution in [1.82, 2.24) is 14.3 Å². The van der Waals surface area contributed by atoms with Crippen molar-refractivity contribution in [1.29, 1.82) is 0 Å². The van der Waals surface area contributed by atoms with Crippen molar-refractivity contribution in [2.24, 2.45) is 0 Å². The first-order valence-electron chi connectivity index (χ1n) is 8.48. The van der Waals surface area contributed by atoms with Crippen LogP contribution in [0.4, 0.5) is 5.82 Å². The van der Waals surface area contributed by atoms with E-state index in [1.807, 2.05) is 24.3 Å². The number of benzene rings is 1. The van der Waals surface area contributed by atoms with Crippen LogP contribution in [0.15, 0.2) is 54.7 Å². The van der Waals surface area contributed by atoms with E-state index in [1.54, 1.807) is 0 Å². The van der Waals surface area contributed by atoms with Gasteiger partial charge in [0.1, 0.15) is 17.2 Å². The summed E-state index contributed by atoms with van der Waals surface area (Å²) in [6.45, 7) is 5.61. The fourth-order valence-electron chi connectivity index (χ4n) is 3.12. The minimum Gasteiger partial charge on any atom is -0.379 e. The van der Waals surface area contributed by atoms with Crippen LogP contribution in [0.25, 0.3) is 16.9 Å². The molecule has 2 aromatic heterocycles. The topological polar surface area (TPSA) is 41.8 Å². The van der Waals surface area contributed by atoms with Gasteiger partial charge < -0.3 is 10.1 Å². The second-order valence-corrected chi connectivity index (χ2v) is 5.98. The lowest BCUT2D eigenvalue weighted by Crippen LogP contribution is -2.39. The molecule has 0 unspecified atom stereocenters. The van der Waals surface area contributed by atoms with E-state index in [0.717, 1.165) is 62.1 Å². The zero-order valence-electron chi connectivity index (χ0n) is 13.7. The van der Waals surface area contributed by atoms with Gasteiger partial charge in [-0.2, -0.15) is 0 Å². The zero-order valence-corrected chi connectivity index (χ0v) is 13.7. The third kappa shape index (κ3) is 3.13. The maximum Gasteiger partial charge on any atom is 0.139 e. The van der Waals surface area contributed by atoms with Crippen molar-refractivity contribution in [3.63, 3.8) is 0 Å². The van der Waals surface area contributed by atoms with E-state index >= 15 is 0 Å². The Morgan fingerprint density at radius 3 is 2.62 bits per heavy atom. The van der Waals surface area contributed by atoms with E-state index in [-0.39, 0.29) is 0 Å². The maximum absolute atomic E-state index is 5.41. The molecule has 5 heteroatoms. The second-order valence-electron chi connectivity index (χ2n) is 5.98. The van der Waals surface area contributed by atoms with Gasteiger partial charge in [-0.05, 0) is 12.1 Å². The van der Waals surface area contributed by atoms with Gasteiger partial charge in [-0.15, -0.1) is 0 Å². The Kier molecular flexibility index (Phi) is 4.44. The average Bonchev–Trinajstić information content (AvgIpc) is 3.02. The van der Waals surface area contributed by atoms with Gasteiger partial charge in [-0.3, -0.25) is 9.30 Å². The fraction of sp³-hybridized carbons (Fsp3) is 0.316. The lowest BCUT2D eigenvalue weighted by atomic mass is 10.1. The molecule has 0 spiro atoms. The first kappa shape index (κ1) is 15.2. The minimum atomic E-state index is 0.838. The fourth-order valence-corrected chi connectivity index (χ4v) is 3.12. The summed E-state index contributed by atoms with van der Waals surface area (Å²) in [6.07, 6.45) is 2.06. The van der Waals surface area contributed by atoms with Gasteiger partial charge in [-0.1, -0.05) is 36.4 Å². The molecule has 0 saturated carbocycles. The highest BCUT2D eigenvalue weighted by Gasteiger charge is 2.14. The Bertz CT molecular complexity index is 793. The molecule has 0 bridgehead atoms. The molecule has 0 aliphatic carbocycles. The smallest absolute Gasteiger partial charge is 0.139 e. The van der Waals surface area contributed by atoms with E-state index in [4.69, 9.17) is 9.72 Å². The monoisotopic (exact) mass is 322 g/mol. The first-order chi connectivity index (χ1) is 11.9. The first-order valence-corrected chi connectivity index (χ1v) is 8.48. The Morgan fingerprint density at radius 2 is 1.79 bits per heavy atom. The molecular formula is C19H22N4O. The molecule has 1 saturated heterocycles. The van der Waals surface area contributed by atoms with Crippen LogP contribution in [-0.4, -0.2) is 53.7 Å². The molecule has 3 aromatic rings. The Labute approximate surface area is 141 Å². The highest BCUT2D eigenvalue weighted by molar-refractivity contribution is 5.76. The predicted octanol–water partition coefficient (Wildman–Crippen LogP) is 2.75. The largest absolute Gasteiger partial charge is 0.379 e. The molecule has 1 aromatic carbocycles. The van der Waals surface area contributed by atoms with Crippen LogP contribution in [0, 0.1) is 0 Å². The molecule has 5 nitrogen and oxygen atoms in total. The number of anilines is 1. The van der Waals surface area contributed by atoms with Crippen molar-refractivity contribution in [2.75, 3.05) is 44.7 Å². The Balaban J connectivity index is 1.58. The highest BCUT2D eigenvalue weighted by atomic mass is 16.5. The van der Waals surface area contributed by atoms with Crippen LogP contribution in [0.5, 0.6) is 0 Å². The number of fused-ring (bicyclic) bond motifs is 1. The van der Waals surface area contributed by atoms with Crippen LogP contribution in [0.2, 0.25) is 0 Å². The van der Waals surface area contributed by atoms with Gasteiger partial charge in [0.2, 0.25) is 0 Å². The summed E-state index contributed by atoms with van der Waals surface area (Å²) in [5.74, 6) is 1.06. The van der Waals surface area contributed by atoms with Crippen LogP contribution in [-0.2, 0) is 4.74 Å². The minimum absolute atomic E-state index is 0.838. The number of morpholine rings is 1. The van der Waals surface area contributed by atoms with E-state index in [1.165, 1.54) is 0 Å². The molecule has 1 fully saturated rings. The third-order valence-electron chi connectivity index (χ3n) is 4.40. The average molecular weight is 322 g/mol. The molecular weight excluding hydrogens is 300 g/mol. The molecule has 4 rings (SSSR count). The van der Waals surface area contributed by atoms with Gasteiger partial charge in [0, 0.05) is 37.9 Å². The van der Waals surface area contributed by atoms with Crippen molar-refractivity contribution < 1.29 is 4.74 Å². The quantitative estimate of drug-likeness (QED) is 0.784. The second kappa shape index (κ2) is 7.03. The lowest BCUT2D eigenvalue weighted by molar-refractivity contribution is 0.0398. The molecule has 0 radical (unpaired) electrons. The number of nitrogens with zero attached hydrogens (tertiary/aromatic N) is 3. The zero-order chi connectivity index (χ0) is 16.2. The molecule has 3 heterocycles. The number of pyridine rings is 1. The number of aromatic nitrogens is 2. The van der Waals surface area contributed by atoms with Gasteiger partial charge in [-0.25, -0.2) is 4.98 Å². The molecule has 1 aliphatic heterocycles. The predicted molar refractivity (Wildman–Crippen MR) is 96.4 cm³/mol. The molecule has 0 atom stereocenters. The number of rotatable bonds is 5. The summed E-state index contributed by atoms with van der Waals surface area (Å²) >= 11 is 0. The highest BCUT2D eigenvalue weighted by Crippen LogP contribution is 2.28. The van der Waals surface area contributed by atoms with Crippen molar-refractivity contribution in [2.45, 2.75) is 0 Å². The molecule has 1 N–H and O–H groups in total.